The van der Waals surface area contributed by atoms with Gasteiger partial charge in [-0.3, -0.25) is 14.8 Å². The van der Waals surface area contributed by atoms with Crippen molar-refractivity contribution in [2.45, 2.75) is 19.0 Å². The number of primary amides is 1. The number of carbonyl (C=O) groups is 1. The summed E-state index contributed by atoms with van der Waals surface area (Å²) in [7, 11) is 1.07. The Bertz CT molecular complexity index is 1030. The van der Waals surface area contributed by atoms with Gasteiger partial charge in [0.05, 0.1) is 17.6 Å². The van der Waals surface area contributed by atoms with Gasteiger partial charge >= 0.3 is 6.03 Å². The first-order valence-electron chi connectivity index (χ1n) is 9.76. The number of aromatic nitrogens is 1. The number of anilines is 2. The fraction of sp³-hybridized carbons (Fsp3) is 0.400. The van der Waals surface area contributed by atoms with E-state index in [1.54, 1.807) is 31.4 Å². The molecule has 0 aliphatic carbocycles. The van der Waals surface area contributed by atoms with Gasteiger partial charge in [-0.1, -0.05) is 0 Å². The molecule has 1 aliphatic heterocycles. The number of nitrogens with zero attached hydrogens (tertiary/aromatic N) is 5. The second kappa shape index (κ2) is 9.27. The number of pyridine rings is 1. The van der Waals surface area contributed by atoms with Crippen molar-refractivity contribution < 1.29 is 17.6 Å². The average molecular weight is 451 g/mol. The maximum absolute atomic E-state index is 14.4. The molecule has 11 heteroatoms. The molecule has 2 aromatic rings. The molecular formula is C20H27FN6O3S. The number of nitrogens with two attached hydrogens (primary N) is 1. The quantitative estimate of drug-likeness (QED) is 0.692. The first-order valence-corrected chi connectivity index (χ1v) is 11.2. The minimum atomic E-state index is -3.51. The Kier molecular flexibility index (Phi) is 6.90. The molecule has 3 rings (SSSR count). The number of likely N-dealkylation sites (tertiary alicyclic amines) is 1. The average Bonchev–Trinajstić information content (AvgIpc) is 3.15. The summed E-state index contributed by atoms with van der Waals surface area (Å²) < 4.78 is 41.7. The summed E-state index contributed by atoms with van der Waals surface area (Å²) in [6.45, 7) is 1.61. The number of amides is 2. The summed E-state index contributed by atoms with van der Waals surface area (Å²) >= 11 is 0. The Balaban J connectivity index is 1.78. The Morgan fingerprint density at radius 3 is 2.61 bits per heavy atom. The molecule has 31 heavy (non-hydrogen) atoms. The van der Waals surface area contributed by atoms with E-state index in [0.717, 1.165) is 0 Å². The fourth-order valence-electron chi connectivity index (χ4n) is 3.70. The summed E-state index contributed by atoms with van der Waals surface area (Å²) in [6.07, 6.45) is 3.72. The summed E-state index contributed by atoms with van der Waals surface area (Å²) in [4.78, 5) is 19.3. The summed E-state index contributed by atoms with van der Waals surface area (Å²) in [5, 5.41) is 0. The van der Waals surface area contributed by atoms with E-state index in [0.29, 0.717) is 43.0 Å². The van der Waals surface area contributed by atoms with Gasteiger partial charge in [0.1, 0.15) is 5.82 Å². The van der Waals surface area contributed by atoms with Crippen LogP contribution in [0.4, 0.5) is 20.6 Å². The number of rotatable bonds is 7. The monoisotopic (exact) mass is 450 g/mol. The number of likely N-dealkylation sites (N-methyl/N-ethyl adjacent to an activating group) is 1. The summed E-state index contributed by atoms with van der Waals surface area (Å²) in [6, 6.07) is 6.75. The smallest absolute Gasteiger partial charge is 0.323 e. The molecule has 9 nitrogen and oxygen atoms in total. The number of urea groups is 1. The molecule has 0 spiro atoms. The maximum atomic E-state index is 14.4. The predicted molar refractivity (Wildman–Crippen MR) is 116 cm³/mol. The van der Waals surface area contributed by atoms with Crippen molar-refractivity contribution in [1.82, 2.24) is 18.5 Å². The van der Waals surface area contributed by atoms with Crippen molar-refractivity contribution in [2.24, 2.45) is 5.73 Å². The van der Waals surface area contributed by atoms with E-state index < -0.39 is 22.1 Å². The first-order chi connectivity index (χ1) is 14.6. The number of halogens is 1. The SMILES string of the molecule is CN(C)S(=O)(=O)N(C)[C@H]1CCN(Cc2cc(F)cc(N(C(N)=O)c3cccnc3)c2)C1. The van der Waals surface area contributed by atoms with Crippen LogP contribution in [0, 0.1) is 5.82 Å². The van der Waals surface area contributed by atoms with Crippen LogP contribution < -0.4 is 10.6 Å². The third-order valence-electron chi connectivity index (χ3n) is 5.32. The highest BCUT2D eigenvalue weighted by Crippen LogP contribution is 2.28. The molecule has 0 bridgehead atoms. The molecule has 1 atom stereocenters. The minimum Gasteiger partial charge on any atom is -0.351 e. The topological polar surface area (TPSA) is 103 Å². The largest absolute Gasteiger partial charge is 0.351 e. The third kappa shape index (κ3) is 5.18. The van der Waals surface area contributed by atoms with Gasteiger partial charge < -0.3 is 5.73 Å². The second-order valence-electron chi connectivity index (χ2n) is 7.69. The van der Waals surface area contributed by atoms with Gasteiger partial charge in [-0.05, 0) is 42.3 Å². The summed E-state index contributed by atoms with van der Waals surface area (Å²) in [5.41, 5.74) is 6.94. The van der Waals surface area contributed by atoms with Crippen LogP contribution in [-0.2, 0) is 16.8 Å². The van der Waals surface area contributed by atoms with Crippen LogP contribution in [0.5, 0.6) is 0 Å². The lowest BCUT2D eigenvalue weighted by Gasteiger charge is -2.27. The van der Waals surface area contributed by atoms with E-state index in [-0.39, 0.29) is 6.04 Å². The molecule has 1 aromatic carbocycles. The van der Waals surface area contributed by atoms with E-state index in [4.69, 9.17) is 5.73 Å². The fourth-order valence-corrected chi connectivity index (χ4v) is 4.76. The van der Waals surface area contributed by atoms with Gasteiger partial charge in [-0.2, -0.15) is 17.0 Å². The van der Waals surface area contributed by atoms with Crippen LogP contribution in [-0.4, -0.2) is 73.2 Å². The highest BCUT2D eigenvalue weighted by Gasteiger charge is 2.33. The highest BCUT2D eigenvalue weighted by atomic mass is 32.2. The van der Waals surface area contributed by atoms with Gasteiger partial charge in [0.2, 0.25) is 0 Å². The van der Waals surface area contributed by atoms with Crippen molar-refractivity contribution in [3.8, 4) is 0 Å². The number of hydrogen-bond donors (Lipinski definition) is 1. The molecule has 0 unspecified atom stereocenters. The van der Waals surface area contributed by atoms with Gasteiger partial charge in [0, 0.05) is 53.0 Å². The molecular weight excluding hydrogens is 423 g/mol. The molecule has 1 fully saturated rings. The molecule has 2 N–H and O–H groups in total. The zero-order valence-electron chi connectivity index (χ0n) is 17.8. The van der Waals surface area contributed by atoms with Gasteiger partial charge in [0.25, 0.3) is 10.2 Å². The predicted octanol–water partition coefficient (Wildman–Crippen LogP) is 1.75. The van der Waals surface area contributed by atoms with Crippen LogP contribution in [0.2, 0.25) is 0 Å². The lowest BCUT2D eigenvalue weighted by atomic mass is 10.1. The second-order valence-corrected chi connectivity index (χ2v) is 9.89. The van der Waals surface area contributed by atoms with Gasteiger partial charge in [-0.25, -0.2) is 9.18 Å². The van der Waals surface area contributed by atoms with Crippen molar-refractivity contribution >= 4 is 27.6 Å². The minimum absolute atomic E-state index is 0.169. The molecule has 2 heterocycles. The summed E-state index contributed by atoms with van der Waals surface area (Å²) in [5.74, 6) is -0.495. The first kappa shape index (κ1) is 23.1. The lowest BCUT2D eigenvalue weighted by Crippen LogP contribution is -2.44. The van der Waals surface area contributed by atoms with Crippen LogP contribution in [0.15, 0.2) is 42.7 Å². The van der Waals surface area contributed by atoms with Crippen LogP contribution in [0.1, 0.15) is 12.0 Å². The number of benzene rings is 1. The number of carbonyl (C=O) groups excluding carboxylic acids is 1. The van der Waals surface area contributed by atoms with E-state index in [1.807, 2.05) is 0 Å². The van der Waals surface area contributed by atoms with Crippen LogP contribution in [0.3, 0.4) is 0 Å². The lowest BCUT2D eigenvalue weighted by molar-refractivity contribution is 0.256. The Labute approximate surface area is 182 Å². The molecule has 2 amide bonds. The van der Waals surface area contributed by atoms with Crippen molar-refractivity contribution in [2.75, 3.05) is 39.1 Å². The van der Waals surface area contributed by atoms with E-state index in [1.165, 1.54) is 45.9 Å². The highest BCUT2D eigenvalue weighted by molar-refractivity contribution is 7.86. The van der Waals surface area contributed by atoms with E-state index >= 15 is 0 Å². The van der Waals surface area contributed by atoms with Crippen LogP contribution in [0.25, 0.3) is 0 Å². The molecule has 1 aromatic heterocycles. The van der Waals surface area contributed by atoms with E-state index in [9.17, 15) is 17.6 Å². The standard InChI is InChI=1S/C20H27FN6O3S/c1-24(2)31(29,30)25(3)18-6-8-26(14-18)13-15-9-16(21)11-19(10-15)27(20(22)28)17-5-4-7-23-12-17/h4-5,7,9-12,18H,6,8,13-14H2,1-3H3,(H2,22,28)/t18-/m0/s1. The normalized spacial score (nSPS) is 17.4. The number of hydrogen-bond acceptors (Lipinski definition) is 5. The molecule has 1 saturated heterocycles. The van der Waals surface area contributed by atoms with Crippen molar-refractivity contribution in [1.29, 1.82) is 0 Å². The molecule has 168 valence electrons. The van der Waals surface area contributed by atoms with Crippen molar-refractivity contribution in [3.63, 3.8) is 0 Å². The zero-order chi connectivity index (χ0) is 22.8. The Hall–Kier alpha value is -2.60. The third-order valence-corrected chi connectivity index (χ3v) is 7.27. The Morgan fingerprint density at radius 2 is 2.00 bits per heavy atom. The van der Waals surface area contributed by atoms with Gasteiger partial charge in [-0.15, -0.1) is 0 Å². The van der Waals surface area contributed by atoms with Crippen LogP contribution >= 0.6 is 0 Å². The molecule has 0 saturated carbocycles. The maximum Gasteiger partial charge on any atom is 0.323 e. The molecule has 1 aliphatic rings. The van der Waals surface area contributed by atoms with Crippen molar-refractivity contribution in [3.05, 3.63) is 54.1 Å². The van der Waals surface area contributed by atoms with E-state index in [2.05, 4.69) is 9.88 Å². The zero-order valence-corrected chi connectivity index (χ0v) is 18.6. The molecule has 0 radical (unpaired) electrons. The van der Waals surface area contributed by atoms with Gasteiger partial charge in [0.15, 0.2) is 0 Å². The Morgan fingerprint density at radius 1 is 1.26 bits per heavy atom.